The standard InChI is InChI=1S/C37H73NO6/c1-7-11-14-17-20-23-30-41-34(28-33-42-35(39)27-26-29-38(5)6)36(43-31-24-21-18-15-12-8-2)37(40-10-4)44-32-25-22-19-16-13-9-3/h37H,7-33H2,1-6H3/b36-34-/t37-/m0/s1. The van der Waals surface area contributed by atoms with Gasteiger partial charge in [-0.05, 0) is 53.2 Å². The van der Waals surface area contributed by atoms with E-state index in [1.165, 1.54) is 77.0 Å². The number of rotatable bonds is 34. The van der Waals surface area contributed by atoms with Crippen molar-refractivity contribution in [1.82, 2.24) is 4.90 Å². The molecule has 0 N–H and O–H groups in total. The maximum Gasteiger partial charge on any atom is 0.305 e. The van der Waals surface area contributed by atoms with E-state index in [9.17, 15) is 4.79 Å². The van der Waals surface area contributed by atoms with Crippen LogP contribution in [0.1, 0.15) is 163 Å². The van der Waals surface area contributed by atoms with E-state index >= 15 is 0 Å². The molecule has 0 rings (SSSR count). The molecule has 0 spiro atoms. The first-order valence-electron chi connectivity index (χ1n) is 18.5. The normalized spacial score (nSPS) is 12.8. The van der Waals surface area contributed by atoms with Crippen molar-refractivity contribution < 1.29 is 28.5 Å². The summed E-state index contributed by atoms with van der Waals surface area (Å²) in [5.74, 6) is 1.16. The van der Waals surface area contributed by atoms with E-state index in [4.69, 9.17) is 23.7 Å². The zero-order valence-electron chi connectivity index (χ0n) is 30.1. The Balaban J connectivity index is 5.55. The molecule has 44 heavy (non-hydrogen) atoms. The molecule has 7 heteroatoms. The summed E-state index contributed by atoms with van der Waals surface area (Å²) in [6.07, 6.45) is 22.6. The minimum atomic E-state index is -0.619. The summed E-state index contributed by atoms with van der Waals surface area (Å²) in [7, 11) is 4.03. The number of carbonyl (C=O) groups is 1. The molecule has 0 heterocycles. The predicted octanol–water partition coefficient (Wildman–Crippen LogP) is 9.97. The SMILES string of the molecule is CCCCCCCCO/C(CCOC(=O)CCCN(C)C)=C(\OCCCCCCCC)[C@@H](OCC)OCCCCCCCC. The van der Waals surface area contributed by atoms with Crippen molar-refractivity contribution in [2.75, 3.05) is 53.7 Å². The van der Waals surface area contributed by atoms with E-state index in [2.05, 4.69) is 25.7 Å². The molecule has 7 nitrogen and oxygen atoms in total. The van der Waals surface area contributed by atoms with Crippen LogP contribution in [0.15, 0.2) is 11.5 Å². The first-order valence-corrected chi connectivity index (χ1v) is 18.5. The van der Waals surface area contributed by atoms with Gasteiger partial charge in [-0.1, -0.05) is 117 Å². The molecule has 0 aromatic heterocycles. The highest BCUT2D eigenvalue weighted by Gasteiger charge is 2.24. The second-order valence-electron chi connectivity index (χ2n) is 12.3. The molecule has 0 saturated carbocycles. The number of nitrogens with zero attached hydrogens (tertiary/aromatic N) is 1. The fourth-order valence-corrected chi connectivity index (χ4v) is 4.98. The lowest BCUT2D eigenvalue weighted by molar-refractivity contribution is -0.146. The lowest BCUT2D eigenvalue weighted by atomic mass is 10.1. The Bertz CT molecular complexity index is 654. The molecule has 0 fully saturated rings. The van der Waals surface area contributed by atoms with Gasteiger partial charge in [0, 0.05) is 19.4 Å². The maximum atomic E-state index is 12.4. The van der Waals surface area contributed by atoms with Crippen molar-refractivity contribution in [2.24, 2.45) is 0 Å². The van der Waals surface area contributed by atoms with Gasteiger partial charge in [-0.15, -0.1) is 0 Å². The molecule has 0 amide bonds. The zero-order chi connectivity index (χ0) is 32.5. The van der Waals surface area contributed by atoms with Gasteiger partial charge in [0.2, 0.25) is 6.29 Å². The number of esters is 1. The molecule has 0 aromatic rings. The third-order valence-electron chi connectivity index (χ3n) is 7.68. The Hall–Kier alpha value is -1.31. The highest BCUT2D eigenvalue weighted by Crippen LogP contribution is 2.22. The van der Waals surface area contributed by atoms with E-state index in [-0.39, 0.29) is 12.6 Å². The number of hydrogen-bond acceptors (Lipinski definition) is 7. The zero-order valence-corrected chi connectivity index (χ0v) is 30.1. The number of unbranched alkanes of at least 4 members (excludes halogenated alkanes) is 15. The van der Waals surface area contributed by atoms with E-state index in [1.54, 1.807) is 0 Å². The fourth-order valence-electron chi connectivity index (χ4n) is 4.98. The molecule has 0 aromatic carbocycles. The molecule has 262 valence electrons. The fraction of sp³-hybridized carbons (Fsp3) is 0.919. The van der Waals surface area contributed by atoms with Crippen molar-refractivity contribution >= 4 is 5.97 Å². The molecular formula is C37H73NO6. The first kappa shape index (κ1) is 42.7. The van der Waals surface area contributed by atoms with E-state index < -0.39 is 6.29 Å². The topological polar surface area (TPSA) is 66.5 Å². The molecule has 0 bridgehead atoms. The second kappa shape index (κ2) is 33.1. The number of ether oxygens (including phenoxy) is 5. The Labute approximate surface area is 273 Å². The van der Waals surface area contributed by atoms with E-state index in [0.717, 1.165) is 51.5 Å². The van der Waals surface area contributed by atoms with Crippen molar-refractivity contribution in [3.63, 3.8) is 0 Å². The van der Waals surface area contributed by atoms with Crippen LogP contribution in [0.25, 0.3) is 0 Å². The minimum Gasteiger partial charge on any atom is -0.494 e. The molecule has 0 unspecified atom stereocenters. The lowest BCUT2D eigenvalue weighted by Crippen LogP contribution is -2.25. The Morgan fingerprint density at radius 1 is 0.523 bits per heavy atom. The van der Waals surface area contributed by atoms with Crippen LogP contribution in [0.2, 0.25) is 0 Å². The molecule has 1 atom stereocenters. The average Bonchev–Trinajstić information content (AvgIpc) is 3.00. The van der Waals surface area contributed by atoms with Gasteiger partial charge in [0.1, 0.15) is 5.76 Å². The smallest absolute Gasteiger partial charge is 0.305 e. The van der Waals surface area contributed by atoms with Crippen LogP contribution in [0.5, 0.6) is 0 Å². The van der Waals surface area contributed by atoms with Gasteiger partial charge in [0.15, 0.2) is 5.76 Å². The summed E-state index contributed by atoms with van der Waals surface area (Å²) < 4.78 is 30.9. The van der Waals surface area contributed by atoms with E-state index in [1.807, 2.05) is 21.0 Å². The third-order valence-corrected chi connectivity index (χ3v) is 7.68. The minimum absolute atomic E-state index is 0.169. The van der Waals surface area contributed by atoms with Gasteiger partial charge >= 0.3 is 5.97 Å². The Morgan fingerprint density at radius 2 is 1.02 bits per heavy atom. The van der Waals surface area contributed by atoms with Gasteiger partial charge in [0.05, 0.1) is 26.4 Å². The van der Waals surface area contributed by atoms with Crippen LogP contribution in [0.4, 0.5) is 0 Å². The Kier molecular flexibility index (Phi) is 32.1. The number of hydrogen-bond donors (Lipinski definition) is 0. The predicted molar refractivity (Wildman–Crippen MR) is 184 cm³/mol. The van der Waals surface area contributed by atoms with Crippen LogP contribution in [-0.2, 0) is 28.5 Å². The summed E-state index contributed by atoms with van der Waals surface area (Å²) in [6.45, 7) is 12.2. The van der Waals surface area contributed by atoms with Crippen molar-refractivity contribution in [3.8, 4) is 0 Å². The van der Waals surface area contributed by atoms with Crippen LogP contribution in [-0.4, -0.2) is 70.8 Å². The number of carbonyl (C=O) groups excluding carboxylic acids is 1. The van der Waals surface area contributed by atoms with Crippen LogP contribution >= 0.6 is 0 Å². The summed E-state index contributed by atoms with van der Waals surface area (Å²) in [6, 6.07) is 0. The van der Waals surface area contributed by atoms with E-state index in [0.29, 0.717) is 50.8 Å². The third kappa shape index (κ3) is 27.0. The first-order chi connectivity index (χ1) is 21.5. The van der Waals surface area contributed by atoms with Gasteiger partial charge in [-0.3, -0.25) is 4.79 Å². The van der Waals surface area contributed by atoms with Crippen molar-refractivity contribution in [1.29, 1.82) is 0 Å². The quantitative estimate of drug-likeness (QED) is 0.0304. The Morgan fingerprint density at radius 3 is 1.55 bits per heavy atom. The molecule has 0 aliphatic heterocycles. The average molecular weight is 628 g/mol. The maximum absolute atomic E-state index is 12.4. The van der Waals surface area contributed by atoms with Crippen molar-refractivity contribution in [3.05, 3.63) is 11.5 Å². The van der Waals surface area contributed by atoms with Crippen LogP contribution in [0.3, 0.4) is 0 Å². The molecule has 0 radical (unpaired) electrons. The highest BCUT2D eigenvalue weighted by molar-refractivity contribution is 5.69. The summed E-state index contributed by atoms with van der Waals surface area (Å²) in [5, 5.41) is 0. The summed E-state index contributed by atoms with van der Waals surface area (Å²) in [5.41, 5.74) is 0. The van der Waals surface area contributed by atoms with Gasteiger partial charge < -0.3 is 28.6 Å². The molecule has 0 aliphatic rings. The second-order valence-corrected chi connectivity index (χ2v) is 12.3. The van der Waals surface area contributed by atoms with Gasteiger partial charge in [-0.2, -0.15) is 0 Å². The lowest BCUT2D eigenvalue weighted by Gasteiger charge is -2.25. The summed E-state index contributed by atoms with van der Waals surface area (Å²) in [4.78, 5) is 14.5. The summed E-state index contributed by atoms with van der Waals surface area (Å²) >= 11 is 0. The monoisotopic (exact) mass is 628 g/mol. The molecular weight excluding hydrogens is 554 g/mol. The van der Waals surface area contributed by atoms with Crippen LogP contribution < -0.4 is 0 Å². The molecule has 0 saturated heterocycles. The largest absolute Gasteiger partial charge is 0.494 e. The van der Waals surface area contributed by atoms with Crippen molar-refractivity contribution in [2.45, 2.75) is 169 Å². The molecule has 0 aliphatic carbocycles. The van der Waals surface area contributed by atoms with Gasteiger partial charge in [0.25, 0.3) is 0 Å². The highest BCUT2D eigenvalue weighted by atomic mass is 16.7. The van der Waals surface area contributed by atoms with Crippen LogP contribution in [0, 0.1) is 0 Å². The van der Waals surface area contributed by atoms with Gasteiger partial charge in [-0.25, -0.2) is 0 Å².